The number of rotatable bonds is 5. The molecule has 2 rings (SSSR count). The third kappa shape index (κ3) is 3.43. The van der Waals surface area contributed by atoms with Crippen LogP contribution in [0.15, 0.2) is 41.1 Å². The van der Waals surface area contributed by atoms with E-state index in [-0.39, 0.29) is 0 Å². The van der Waals surface area contributed by atoms with E-state index in [9.17, 15) is 0 Å². The Kier molecular flexibility index (Phi) is 4.55. The van der Waals surface area contributed by atoms with E-state index in [1.54, 1.807) is 0 Å². The molecule has 0 amide bonds. The average molecular weight is 308 g/mol. The van der Waals surface area contributed by atoms with Crippen molar-refractivity contribution in [2.45, 2.75) is 19.4 Å². The minimum atomic E-state index is 0.350. The normalized spacial score (nSPS) is 12.6. The van der Waals surface area contributed by atoms with Crippen LogP contribution in [0.4, 0.5) is 0 Å². The Balaban J connectivity index is 1.85. The van der Waals surface area contributed by atoms with Gasteiger partial charge in [0.25, 0.3) is 0 Å². The molecule has 1 N–H and O–H groups in total. The van der Waals surface area contributed by atoms with E-state index in [0.717, 1.165) is 23.3 Å². The summed E-state index contributed by atoms with van der Waals surface area (Å²) in [6.07, 6.45) is 4.77. The molecule has 18 heavy (non-hydrogen) atoms. The van der Waals surface area contributed by atoms with Crippen molar-refractivity contribution in [3.05, 3.63) is 52.5 Å². The van der Waals surface area contributed by atoms with Gasteiger partial charge < -0.3 is 9.88 Å². The molecule has 4 heteroatoms. The van der Waals surface area contributed by atoms with Crippen LogP contribution in [0.5, 0.6) is 0 Å². The molecule has 96 valence electrons. The van der Waals surface area contributed by atoms with E-state index in [1.165, 1.54) is 5.56 Å². The number of halogens is 1. The van der Waals surface area contributed by atoms with E-state index >= 15 is 0 Å². The van der Waals surface area contributed by atoms with Crippen molar-refractivity contribution in [3.63, 3.8) is 0 Å². The van der Waals surface area contributed by atoms with Gasteiger partial charge in [0, 0.05) is 42.9 Å². The molecular formula is C14H18BrN3. The first kappa shape index (κ1) is 13.3. The number of aromatic nitrogens is 2. The van der Waals surface area contributed by atoms with Crippen molar-refractivity contribution in [1.29, 1.82) is 0 Å². The first-order valence-electron chi connectivity index (χ1n) is 6.12. The van der Waals surface area contributed by atoms with Crippen LogP contribution in [-0.4, -0.2) is 16.1 Å². The molecule has 0 aliphatic rings. The fraction of sp³-hybridized carbons (Fsp3) is 0.357. The highest BCUT2D eigenvalue weighted by Gasteiger charge is 2.05. The Morgan fingerprint density at radius 2 is 2.28 bits per heavy atom. The SMILES string of the molecule is C[C@H](NCCc1nccn1C)c1cccc(Br)c1. The third-order valence-electron chi connectivity index (χ3n) is 3.07. The zero-order valence-electron chi connectivity index (χ0n) is 10.7. The fourth-order valence-corrected chi connectivity index (χ4v) is 2.35. The molecule has 0 unspecified atom stereocenters. The van der Waals surface area contributed by atoms with Gasteiger partial charge in [-0.3, -0.25) is 0 Å². The molecule has 3 nitrogen and oxygen atoms in total. The zero-order chi connectivity index (χ0) is 13.0. The van der Waals surface area contributed by atoms with Crippen LogP contribution < -0.4 is 5.32 Å². The molecule has 0 aliphatic carbocycles. The van der Waals surface area contributed by atoms with Gasteiger partial charge in [-0.1, -0.05) is 28.1 Å². The predicted octanol–water partition coefficient (Wildman–Crippen LogP) is 3.08. The van der Waals surface area contributed by atoms with Gasteiger partial charge in [-0.2, -0.15) is 0 Å². The van der Waals surface area contributed by atoms with Crippen LogP contribution >= 0.6 is 15.9 Å². The summed E-state index contributed by atoms with van der Waals surface area (Å²) < 4.78 is 3.18. The highest BCUT2D eigenvalue weighted by Crippen LogP contribution is 2.17. The predicted molar refractivity (Wildman–Crippen MR) is 77.5 cm³/mol. The molecule has 0 spiro atoms. The number of aryl methyl sites for hydroxylation is 1. The molecule has 0 radical (unpaired) electrons. The summed E-state index contributed by atoms with van der Waals surface area (Å²) in [5.74, 6) is 1.11. The van der Waals surface area contributed by atoms with Crippen LogP contribution in [0.3, 0.4) is 0 Å². The van der Waals surface area contributed by atoms with Crippen molar-refractivity contribution in [1.82, 2.24) is 14.9 Å². The Hall–Kier alpha value is -1.13. The number of hydrogen-bond acceptors (Lipinski definition) is 2. The molecule has 0 bridgehead atoms. The molecule has 1 aromatic heterocycles. The van der Waals surface area contributed by atoms with Crippen molar-refractivity contribution < 1.29 is 0 Å². The third-order valence-corrected chi connectivity index (χ3v) is 3.56. The van der Waals surface area contributed by atoms with Crippen LogP contribution in [0.1, 0.15) is 24.4 Å². The molecule has 0 saturated carbocycles. The Bertz CT molecular complexity index is 507. The van der Waals surface area contributed by atoms with Crippen molar-refractivity contribution >= 4 is 15.9 Å². The quantitative estimate of drug-likeness (QED) is 0.920. The maximum Gasteiger partial charge on any atom is 0.109 e. The smallest absolute Gasteiger partial charge is 0.109 e. The summed E-state index contributed by atoms with van der Waals surface area (Å²) in [6.45, 7) is 3.11. The van der Waals surface area contributed by atoms with E-state index in [0.29, 0.717) is 6.04 Å². The summed E-state index contributed by atoms with van der Waals surface area (Å²) in [4.78, 5) is 4.31. The minimum absolute atomic E-state index is 0.350. The first-order valence-corrected chi connectivity index (χ1v) is 6.91. The highest BCUT2D eigenvalue weighted by atomic mass is 79.9. The van der Waals surface area contributed by atoms with Gasteiger partial charge in [0.15, 0.2) is 0 Å². The minimum Gasteiger partial charge on any atom is -0.338 e. The Morgan fingerprint density at radius 3 is 2.94 bits per heavy atom. The molecular weight excluding hydrogens is 290 g/mol. The maximum absolute atomic E-state index is 4.31. The van der Waals surface area contributed by atoms with Crippen LogP contribution in [0.25, 0.3) is 0 Å². The van der Waals surface area contributed by atoms with Crippen molar-refractivity contribution in [2.24, 2.45) is 7.05 Å². The van der Waals surface area contributed by atoms with Gasteiger partial charge in [0.1, 0.15) is 5.82 Å². The average Bonchev–Trinajstić information content (AvgIpc) is 2.75. The van der Waals surface area contributed by atoms with Crippen LogP contribution in [-0.2, 0) is 13.5 Å². The number of nitrogens with one attached hydrogen (secondary N) is 1. The van der Waals surface area contributed by atoms with E-state index < -0.39 is 0 Å². The number of nitrogens with zero attached hydrogens (tertiary/aromatic N) is 2. The zero-order valence-corrected chi connectivity index (χ0v) is 12.3. The second-order valence-electron chi connectivity index (χ2n) is 4.44. The Morgan fingerprint density at radius 1 is 1.44 bits per heavy atom. The molecule has 1 heterocycles. The second kappa shape index (κ2) is 6.16. The van der Waals surface area contributed by atoms with E-state index in [2.05, 4.69) is 55.9 Å². The van der Waals surface area contributed by atoms with Crippen LogP contribution in [0, 0.1) is 0 Å². The number of benzene rings is 1. The van der Waals surface area contributed by atoms with Crippen molar-refractivity contribution in [2.75, 3.05) is 6.54 Å². The molecule has 0 saturated heterocycles. The summed E-state index contributed by atoms with van der Waals surface area (Å²) in [7, 11) is 2.03. The standard InChI is InChI=1S/C14H18BrN3/c1-11(12-4-3-5-13(15)10-12)16-7-6-14-17-8-9-18(14)2/h3-5,8-11,16H,6-7H2,1-2H3/t11-/m0/s1. The lowest BCUT2D eigenvalue weighted by molar-refractivity contribution is 0.565. The second-order valence-corrected chi connectivity index (χ2v) is 5.35. The monoisotopic (exact) mass is 307 g/mol. The molecule has 0 fully saturated rings. The first-order chi connectivity index (χ1) is 8.66. The van der Waals surface area contributed by atoms with E-state index in [1.807, 2.05) is 25.5 Å². The van der Waals surface area contributed by atoms with Gasteiger partial charge in [0.05, 0.1) is 0 Å². The summed E-state index contributed by atoms with van der Waals surface area (Å²) in [5, 5.41) is 3.52. The van der Waals surface area contributed by atoms with Crippen molar-refractivity contribution in [3.8, 4) is 0 Å². The van der Waals surface area contributed by atoms with Gasteiger partial charge >= 0.3 is 0 Å². The lowest BCUT2D eigenvalue weighted by atomic mass is 10.1. The lowest BCUT2D eigenvalue weighted by Gasteiger charge is -2.14. The molecule has 0 aliphatic heterocycles. The highest BCUT2D eigenvalue weighted by molar-refractivity contribution is 9.10. The largest absolute Gasteiger partial charge is 0.338 e. The Labute approximate surface area is 116 Å². The molecule has 1 aromatic carbocycles. The summed E-state index contributed by atoms with van der Waals surface area (Å²) >= 11 is 3.50. The van der Waals surface area contributed by atoms with Gasteiger partial charge in [-0.05, 0) is 24.6 Å². The van der Waals surface area contributed by atoms with Crippen LogP contribution in [0.2, 0.25) is 0 Å². The maximum atomic E-state index is 4.31. The van der Waals surface area contributed by atoms with Gasteiger partial charge in [-0.15, -0.1) is 0 Å². The molecule has 1 atom stereocenters. The number of imidazole rings is 1. The van der Waals surface area contributed by atoms with E-state index in [4.69, 9.17) is 0 Å². The molecule has 2 aromatic rings. The lowest BCUT2D eigenvalue weighted by Crippen LogP contribution is -2.22. The summed E-state index contributed by atoms with van der Waals surface area (Å²) in [6, 6.07) is 8.75. The number of hydrogen-bond donors (Lipinski definition) is 1. The fourth-order valence-electron chi connectivity index (χ4n) is 1.93. The summed E-state index contributed by atoms with van der Waals surface area (Å²) in [5.41, 5.74) is 1.30. The topological polar surface area (TPSA) is 29.9 Å². The van der Waals surface area contributed by atoms with Gasteiger partial charge in [0.2, 0.25) is 0 Å². The van der Waals surface area contributed by atoms with Gasteiger partial charge in [-0.25, -0.2) is 4.98 Å².